The van der Waals surface area contributed by atoms with Crippen LogP contribution in [0.25, 0.3) is 0 Å². The number of benzene rings is 1. The number of guanidine groups is 1. The molecule has 41 nitrogen and oxygen atoms in total. The predicted molar refractivity (Wildman–Crippen MR) is 350 cm³/mol. The average Bonchev–Trinajstić information content (AvgIpc) is 1.12. The van der Waals surface area contributed by atoms with Gasteiger partial charge in [0.15, 0.2) is 5.96 Å². The maximum absolute atomic E-state index is 14.3. The minimum atomic E-state index is -2.29. The molecule has 0 aliphatic heterocycles. The molecule has 2 aromatic rings. The number of carboxylic acids is 4. The van der Waals surface area contributed by atoms with Gasteiger partial charge in [0.2, 0.25) is 76.8 Å². The van der Waals surface area contributed by atoms with Gasteiger partial charge in [0.05, 0.1) is 38.2 Å². The first kappa shape index (κ1) is 85.7. The van der Waals surface area contributed by atoms with Crippen LogP contribution in [-0.2, 0) is 94.3 Å². The summed E-state index contributed by atoms with van der Waals surface area (Å²) in [4.78, 5) is 235. The van der Waals surface area contributed by atoms with Crippen molar-refractivity contribution in [2.75, 3.05) is 13.2 Å². The molecular weight excluding hydrogens is 1340 g/mol. The summed E-state index contributed by atoms with van der Waals surface area (Å²) in [5.41, 5.74) is 28.7. The van der Waals surface area contributed by atoms with E-state index in [0.29, 0.717) is 17.7 Å². The average molecular weight is 1430 g/mol. The fourth-order valence-corrected chi connectivity index (χ4v) is 9.26. The summed E-state index contributed by atoms with van der Waals surface area (Å²) < 4.78 is 0. The van der Waals surface area contributed by atoms with E-state index in [4.69, 9.17) is 28.7 Å². The number of aliphatic hydroxyl groups is 1. The molecule has 0 aliphatic carbocycles. The Hall–Kier alpha value is -11.4. The van der Waals surface area contributed by atoms with Crippen molar-refractivity contribution < 1.29 is 107 Å². The van der Waals surface area contributed by atoms with Crippen molar-refractivity contribution in [1.29, 1.82) is 0 Å². The molecule has 41 heteroatoms. The predicted octanol–water partition coefficient (Wildman–Crippen LogP) is -8.34. The lowest BCUT2D eigenvalue weighted by Crippen LogP contribution is -2.62. The molecule has 101 heavy (non-hydrogen) atoms. The summed E-state index contributed by atoms with van der Waals surface area (Å²) in [6.45, 7) is 6.09. The van der Waals surface area contributed by atoms with E-state index in [1.807, 2.05) is 10.6 Å². The maximum Gasteiger partial charge on any atom is 0.305 e. The number of rotatable bonds is 47. The molecule has 13 atom stereocenters. The number of hydrogen-bond donors (Lipinski definition) is 22. The van der Waals surface area contributed by atoms with Crippen LogP contribution in [-0.4, -0.2) is 228 Å². The smallest absolute Gasteiger partial charge is 0.305 e. The van der Waals surface area contributed by atoms with Crippen LogP contribution in [0.5, 0.6) is 0 Å². The molecule has 558 valence electrons. The third-order valence-electron chi connectivity index (χ3n) is 15.1. The second-order valence-electron chi connectivity index (χ2n) is 23.7. The monoisotopic (exact) mass is 1430 g/mol. The van der Waals surface area contributed by atoms with Crippen LogP contribution in [0.3, 0.4) is 0 Å². The van der Waals surface area contributed by atoms with Gasteiger partial charge in [-0.25, -0.2) is 4.98 Å². The SMILES string of the molecule is CC[C@H](C)[C@H](N)C(=O)N[C@@H](CO)C(=O)N[C@@H](CCC(=O)O)C(=O)N[C@H](C(=O)N[C@@H](CC(N)=O)C(=O)N[C@@H](CC(=O)O)C(=O)N[C@@H](CC(=O)O)C(=O)N[C@@H](C)C(=O)N[C@@H](CCC(=O)O)C(=O)N[C@@H](Cc1ccccc1)C(=O)N[C@@H](CCCN=C(N)N)C(=O)N[C@@H](Cc1cnc[nH]1)C(N)=O)C(C)C. The summed E-state index contributed by atoms with van der Waals surface area (Å²) in [6, 6.07) is -13.0. The number of carbonyl (C=O) groups excluding carboxylic acids is 13. The summed E-state index contributed by atoms with van der Waals surface area (Å²) in [7, 11) is 0. The highest BCUT2D eigenvalue weighted by Crippen LogP contribution is 2.13. The van der Waals surface area contributed by atoms with Crippen molar-refractivity contribution in [1.82, 2.24) is 68.5 Å². The minimum absolute atomic E-state index is 0.0296. The van der Waals surface area contributed by atoms with Crippen molar-refractivity contribution in [2.45, 2.75) is 184 Å². The van der Waals surface area contributed by atoms with E-state index in [2.05, 4.69) is 62.8 Å². The Labute approximate surface area is 577 Å². The van der Waals surface area contributed by atoms with Crippen molar-refractivity contribution >= 4 is 107 Å². The maximum atomic E-state index is 14.3. The molecule has 0 fully saturated rings. The van der Waals surface area contributed by atoms with Crippen molar-refractivity contribution in [3.05, 3.63) is 54.1 Å². The van der Waals surface area contributed by atoms with Gasteiger partial charge in [0.1, 0.15) is 66.5 Å². The lowest BCUT2D eigenvalue weighted by molar-refractivity contribution is -0.143. The number of nitrogens with zero attached hydrogens (tertiary/aromatic N) is 2. The molecule has 0 radical (unpaired) electrons. The fraction of sp³-hybridized carbons (Fsp3) is 0.550. The summed E-state index contributed by atoms with van der Waals surface area (Å²) in [5.74, 6) is -23.8. The number of primary amides is 2. The lowest BCUT2D eigenvalue weighted by Gasteiger charge is -2.28. The number of aliphatic carboxylic acids is 4. The number of aromatic nitrogens is 2. The zero-order valence-electron chi connectivity index (χ0n) is 56.0. The van der Waals surface area contributed by atoms with Crippen LogP contribution >= 0.6 is 0 Å². The van der Waals surface area contributed by atoms with E-state index >= 15 is 0 Å². The number of aliphatic hydroxyl groups excluding tert-OH is 1. The van der Waals surface area contributed by atoms with E-state index in [1.54, 1.807) is 44.2 Å². The van der Waals surface area contributed by atoms with E-state index in [-0.39, 0.29) is 44.1 Å². The zero-order valence-corrected chi connectivity index (χ0v) is 56.0. The molecule has 0 spiro atoms. The van der Waals surface area contributed by atoms with Gasteiger partial charge < -0.3 is 118 Å². The molecule has 0 unspecified atom stereocenters. The highest BCUT2D eigenvalue weighted by molar-refractivity contribution is 6.01. The van der Waals surface area contributed by atoms with Crippen LogP contribution in [0.1, 0.15) is 110 Å². The van der Waals surface area contributed by atoms with E-state index in [0.717, 1.165) is 6.92 Å². The molecule has 1 aromatic heterocycles. The van der Waals surface area contributed by atoms with E-state index in [1.165, 1.54) is 26.4 Å². The van der Waals surface area contributed by atoms with Gasteiger partial charge in [-0.3, -0.25) is 86.5 Å². The van der Waals surface area contributed by atoms with Crippen LogP contribution in [0.4, 0.5) is 0 Å². The number of carboxylic acid groups (broad SMARTS) is 4. The standard InChI is InChI=1S/C60H91N19O22/c1-6-28(4)46(62)58(100)78-40(25-80)57(99)72-34(15-17-43(84)85)52(94)79-47(27(2)3)59(101)77-37(21-41(61)81)55(97)76-39(23-45(88)89)56(98)75-38(22-44(86)87)53(95)69-29(5)49(91)70-33(14-16-42(82)83)51(93)74-36(19-30-11-8-7-9-12-30)54(96)71-32(13-10-18-67-60(64)65)50(92)73-35(48(63)90)20-31-24-66-26-68-31/h7-9,11-12,24,26-29,32-40,46-47,80H,6,10,13-23,25,62H2,1-5H3,(H2,61,81)(H2,63,90)(H,66,68)(H,69,95)(H,70,91)(H,71,96)(H,72,99)(H,73,92)(H,74,93)(H,75,98)(H,76,97)(H,77,101)(H,78,100)(H,79,94)(H,82,83)(H,84,85)(H,86,87)(H,88,89)(H4,64,65,67)/t28-,29-,32-,33-,34-,35-,36-,37-,38-,39-,40-,46-,47-/m0/s1. The highest BCUT2D eigenvalue weighted by atomic mass is 16.4. The molecule has 27 N–H and O–H groups in total. The number of aromatic amines is 1. The number of hydrogen-bond acceptors (Lipinski definition) is 21. The Kier molecular flexibility index (Phi) is 36.6. The molecule has 13 amide bonds. The first-order valence-electron chi connectivity index (χ1n) is 31.6. The number of nitrogens with one attached hydrogen (secondary N) is 12. The first-order valence-corrected chi connectivity index (χ1v) is 31.6. The summed E-state index contributed by atoms with van der Waals surface area (Å²) in [6.07, 6.45) is -3.96. The molecule has 1 aromatic carbocycles. The number of amides is 13. The quantitative estimate of drug-likeness (QED) is 0.0166. The topological polar surface area (TPSA) is 695 Å². The molecule has 1 heterocycles. The molecule has 2 rings (SSSR count). The van der Waals surface area contributed by atoms with Gasteiger partial charge in [0.25, 0.3) is 0 Å². The zero-order chi connectivity index (χ0) is 76.4. The van der Waals surface area contributed by atoms with Crippen LogP contribution in [0.15, 0.2) is 47.8 Å². The second-order valence-corrected chi connectivity index (χ2v) is 23.7. The Morgan fingerprint density at radius 3 is 1.37 bits per heavy atom. The Balaban J connectivity index is 2.43. The van der Waals surface area contributed by atoms with Gasteiger partial charge in [-0.05, 0) is 50.0 Å². The number of imidazole rings is 1. The van der Waals surface area contributed by atoms with E-state index < -0.39 is 231 Å². The van der Waals surface area contributed by atoms with Crippen LogP contribution in [0.2, 0.25) is 0 Å². The van der Waals surface area contributed by atoms with Gasteiger partial charge in [-0.15, -0.1) is 0 Å². The van der Waals surface area contributed by atoms with Gasteiger partial charge >= 0.3 is 23.9 Å². The Morgan fingerprint density at radius 1 is 0.485 bits per heavy atom. The normalized spacial score (nSPS) is 14.8. The van der Waals surface area contributed by atoms with E-state index in [9.17, 15) is 107 Å². The van der Waals surface area contributed by atoms with Crippen molar-refractivity contribution in [2.24, 2.45) is 45.5 Å². The number of aliphatic imine (C=N–C) groups is 1. The highest BCUT2D eigenvalue weighted by Gasteiger charge is 2.38. The van der Waals surface area contributed by atoms with Crippen molar-refractivity contribution in [3.63, 3.8) is 0 Å². The van der Waals surface area contributed by atoms with Crippen LogP contribution in [0, 0.1) is 11.8 Å². The second kappa shape index (κ2) is 43.1. The Bertz CT molecular complexity index is 3280. The first-order chi connectivity index (χ1) is 47.4. The molecule has 0 saturated carbocycles. The largest absolute Gasteiger partial charge is 0.481 e. The van der Waals surface area contributed by atoms with Gasteiger partial charge in [-0.1, -0.05) is 64.4 Å². The fourth-order valence-electron chi connectivity index (χ4n) is 9.26. The minimum Gasteiger partial charge on any atom is -0.481 e. The summed E-state index contributed by atoms with van der Waals surface area (Å²) in [5, 5.41) is 73.3. The molecule has 0 saturated heterocycles. The number of H-pyrrole nitrogens is 1. The Morgan fingerprint density at radius 2 is 0.911 bits per heavy atom. The van der Waals surface area contributed by atoms with Crippen molar-refractivity contribution in [3.8, 4) is 0 Å². The number of nitrogens with two attached hydrogens (primary N) is 5. The molecular formula is C60H91N19O22. The van der Waals surface area contributed by atoms with Gasteiger partial charge in [0, 0.05) is 44.1 Å². The third-order valence-corrected chi connectivity index (χ3v) is 15.1. The molecule has 0 aliphatic rings. The molecule has 0 bridgehead atoms. The number of carbonyl (C=O) groups is 17. The van der Waals surface area contributed by atoms with Crippen LogP contribution < -0.4 is 87.2 Å². The van der Waals surface area contributed by atoms with Gasteiger partial charge in [-0.2, -0.15) is 0 Å². The lowest BCUT2D eigenvalue weighted by atomic mass is 9.99. The summed E-state index contributed by atoms with van der Waals surface area (Å²) >= 11 is 0. The third kappa shape index (κ3) is 31.8.